The topological polar surface area (TPSA) is 47.3 Å². The molecule has 19 heavy (non-hydrogen) atoms. The number of nitrogens with zero attached hydrogens (tertiary/aromatic N) is 2. The van der Waals surface area contributed by atoms with Gasteiger partial charge in [-0.15, -0.1) is 0 Å². The van der Waals surface area contributed by atoms with Crippen LogP contribution in [0.2, 0.25) is 5.02 Å². The number of aliphatic hydroxyl groups excluding tert-OH is 1. The van der Waals surface area contributed by atoms with Crippen molar-refractivity contribution >= 4 is 27.5 Å². The number of hydrogen-bond donors (Lipinski definition) is 1. The maximum atomic E-state index is 9.31. The molecule has 1 heterocycles. The summed E-state index contributed by atoms with van der Waals surface area (Å²) in [6.07, 6.45) is 0. The molecule has 0 saturated heterocycles. The molecular weight excluding hydrogens is 332 g/mol. The number of halogens is 2. The van der Waals surface area contributed by atoms with Gasteiger partial charge in [0.1, 0.15) is 12.4 Å². The summed E-state index contributed by atoms with van der Waals surface area (Å²) in [7, 11) is 1.83. The summed E-state index contributed by atoms with van der Waals surface area (Å²) in [5.41, 5.74) is 2.32. The molecule has 1 aromatic heterocycles. The van der Waals surface area contributed by atoms with E-state index in [0.717, 1.165) is 21.4 Å². The molecule has 0 atom stereocenters. The molecule has 0 saturated carbocycles. The number of hydrogen-bond acceptors (Lipinski definition) is 3. The number of aromatic nitrogens is 2. The van der Waals surface area contributed by atoms with Crippen molar-refractivity contribution in [2.75, 3.05) is 0 Å². The van der Waals surface area contributed by atoms with E-state index in [1.165, 1.54) is 0 Å². The van der Waals surface area contributed by atoms with E-state index in [9.17, 15) is 5.11 Å². The Morgan fingerprint density at radius 1 is 1.47 bits per heavy atom. The van der Waals surface area contributed by atoms with E-state index in [4.69, 9.17) is 16.3 Å². The highest BCUT2D eigenvalue weighted by atomic mass is 79.9. The Hall–Kier alpha value is -1.04. The van der Waals surface area contributed by atoms with Crippen LogP contribution in [-0.4, -0.2) is 14.9 Å². The third-order valence-corrected chi connectivity index (χ3v) is 3.80. The lowest BCUT2D eigenvalue weighted by Crippen LogP contribution is -2.05. The molecule has 4 nitrogen and oxygen atoms in total. The van der Waals surface area contributed by atoms with Gasteiger partial charge in [0.05, 0.1) is 23.0 Å². The van der Waals surface area contributed by atoms with Crippen LogP contribution in [-0.2, 0) is 20.3 Å². The molecule has 1 N–H and O–H groups in total. The smallest absolute Gasteiger partial charge is 0.131 e. The molecule has 0 aliphatic carbocycles. The average Bonchev–Trinajstić information content (AvgIpc) is 2.62. The summed E-state index contributed by atoms with van der Waals surface area (Å²) >= 11 is 9.52. The van der Waals surface area contributed by atoms with Gasteiger partial charge < -0.3 is 9.84 Å². The van der Waals surface area contributed by atoms with Crippen LogP contribution >= 0.6 is 27.5 Å². The number of aryl methyl sites for hydroxylation is 2. The summed E-state index contributed by atoms with van der Waals surface area (Å²) in [4.78, 5) is 0. The highest BCUT2D eigenvalue weighted by Crippen LogP contribution is 2.26. The van der Waals surface area contributed by atoms with E-state index in [1.54, 1.807) is 4.68 Å². The van der Waals surface area contributed by atoms with Crippen LogP contribution in [0.4, 0.5) is 0 Å². The summed E-state index contributed by atoms with van der Waals surface area (Å²) in [5, 5.41) is 14.2. The normalized spacial score (nSPS) is 10.8. The van der Waals surface area contributed by atoms with Gasteiger partial charge in [-0.1, -0.05) is 27.5 Å². The summed E-state index contributed by atoms with van der Waals surface area (Å²) < 4.78 is 8.32. The highest BCUT2D eigenvalue weighted by molar-refractivity contribution is 9.10. The first-order valence-corrected chi connectivity index (χ1v) is 6.90. The van der Waals surface area contributed by atoms with Gasteiger partial charge in [-0.05, 0) is 25.1 Å². The third kappa shape index (κ3) is 3.11. The van der Waals surface area contributed by atoms with Crippen molar-refractivity contribution in [3.63, 3.8) is 0 Å². The molecule has 2 aromatic rings. The minimum absolute atomic E-state index is 0.0765. The lowest BCUT2D eigenvalue weighted by molar-refractivity contribution is 0.255. The zero-order valence-electron chi connectivity index (χ0n) is 10.7. The minimum Gasteiger partial charge on any atom is -0.487 e. The second-order valence-corrected chi connectivity index (χ2v) is 5.46. The molecule has 102 valence electrons. The lowest BCUT2D eigenvalue weighted by atomic mass is 10.2. The van der Waals surface area contributed by atoms with Crippen molar-refractivity contribution in [2.45, 2.75) is 20.1 Å². The fourth-order valence-corrected chi connectivity index (χ4v) is 2.42. The van der Waals surface area contributed by atoms with Crippen LogP contribution in [0.1, 0.15) is 17.0 Å². The first-order chi connectivity index (χ1) is 9.02. The lowest BCUT2D eigenvalue weighted by Gasteiger charge is -2.11. The van der Waals surface area contributed by atoms with Crippen LogP contribution in [0.3, 0.4) is 0 Å². The Bertz CT molecular complexity index is 599. The third-order valence-electron chi connectivity index (χ3n) is 2.82. The van der Waals surface area contributed by atoms with Gasteiger partial charge in [-0.2, -0.15) is 5.10 Å². The van der Waals surface area contributed by atoms with Crippen molar-refractivity contribution < 1.29 is 9.84 Å². The van der Waals surface area contributed by atoms with Gasteiger partial charge in [-0.3, -0.25) is 4.68 Å². The molecule has 0 bridgehead atoms. The first-order valence-electron chi connectivity index (χ1n) is 5.73. The maximum Gasteiger partial charge on any atom is 0.131 e. The van der Waals surface area contributed by atoms with Crippen molar-refractivity contribution in [3.8, 4) is 5.75 Å². The molecule has 0 spiro atoms. The van der Waals surface area contributed by atoms with E-state index in [-0.39, 0.29) is 6.61 Å². The standard InChI is InChI=1S/C13H14BrClN2O2/c1-8-13(15)11(17(2)16-8)7-19-12-4-3-10(14)5-9(12)6-18/h3-5,18H,6-7H2,1-2H3. The van der Waals surface area contributed by atoms with Gasteiger partial charge in [0, 0.05) is 17.1 Å². The fourth-order valence-electron chi connectivity index (χ4n) is 1.80. The molecule has 2 rings (SSSR count). The number of rotatable bonds is 4. The van der Waals surface area contributed by atoms with Gasteiger partial charge in [-0.25, -0.2) is 0 Å². The molecular formula is C13H14BrClN2O2. The zero-order valence-corrected chi connectivity index (χ0v) is 13.0. The van der Waals surface area contributed by atoms with Crippen LogP contribution in [0, 0.1) is 6.92 Å². The van der Waals surface area contributed by atoms with Crippen molar-refractivity contribution in [3.05, 3.63) is 44.6 Å². The molecule has 0 radical (unpaired) electrons. The molecule has 6 heteroatoms. The Labute approximate surface area is 125 Å². The SMILES string of the molecule is Cc1nn(C)c(COc2ccc(Br)cc2CO)c1Cl. The molecule has 0 aliphatic rings. The van der Waals surface area contributed by atoms with Gasteiger partial charge in [0.15, 0.2) is 0 Å². The number of benzene rings is 1. The maximum absolute atomic E-state index is 9.31. The predicted octanol–water partition coefficient (Wildman–Crippen LogP) is 3.22. The highest BCUT2D eigenvalue weighted by Gasteiger charge is 2.12. The Morgan fingerprint density at radius 2 is 2.21 bits per heavy atom. The molecule has 0 amide bonds. The minimum atomic E-state index is -0.0765. The van der Waals surface area contributed by atoms with Gasteiger partial charge in [0.25, 0.3) is 0 Å². The number of ether oxygens (including phenoxy) is 1. The summed E-state index contributed by atoms with van der Waals surface area (Å²) in [6.45, 7) is 2.09. The van der Waals surface area contributed by atoms with E-state index < -0.39 is 0 Å². The van der Waals surface area contributed by atoms with Crippen LogP contribution < -0.4 is 4.74 Å². The van der Waals surface area contributed by atoms with Crippen molar-refractivity contribution in [1.82, 2.24) is 9.78 Å². The quantitative estimate of drug-likeness (QED) is 0.925. The molecule has 0 fully saturated rings. The second-order valence-electron chi connectivity index (χ2n) is 4.17. The van der Waals surface area contributed by atoms with Crippen LogP contribution in [0.15, 0.2) is 22.7 Å². The van der Waals surface area contributed by atoms with Gasteiger partial charge in [0.2, 0.25) is 0 Å². The Kier molecular flexibility index (Phi) is 4.50. The largest absolute Gasteiger partial charge is 0.487 e. The van der Waals surface area contributed by atoms with Crippen LogP contribution in [0.25, 0.3) is 0 Å². The molecule has 1 aromatic carbocycles. The van der Waals surface area contributed by atoms with E-state index in [1.807, 2.05) is 32.2 Å². The summed E-state index contributed by atoms with van der Waals surface area (Å²) in [5.74, 6) is 0.639. The molecule has 0 unspecified atom stereocenters. The Balaban J connectivity index is 2.19. The predicted molar refractivity (Wildman–Crippen MR) is 77.4 cm³/mol. The van der Waals surface area contributed by atoms with Gasteiger partial charge >= 0.3 is 0 Å². The fraction of sp³-hybridized carbons (Fsp3) is 0.308. The molecule has 0 aliphatic heterocycles. The van der Waals surface area contributed by atoms with E-state index in [2.05, 4.69) is 21.0 Å². The van der Waals surface area contributed by atoms with E-state index in [0.29, 0.717) is 17.4 Å². The first kappa shape index (κ1) is 14.4. The Morgan fingerprint density at radius 3 is 2.79 bits per heavy atom. The average molecular weight is 346 g/mol. The van der Waals surface area contributed by atoms with Crippen LogP contribution in [0.5, 0.6) is 5.75 Å². The van der Waals surface area contributed by atoms with E-state index >= 15 is 0 Å². The number of aliphatic hydroxyl groups is 1. The second kappa shape index (κ2) is 5.94. The van der Waals surface area contributed by atoms with Crippen molar-refractivity contribution in [1.29, 1.82) is 0 Å². The van der Waals surface area contributed by atoms with Crippen molar-refractivity contribution in [2.24, 2.45) is 7.05 Å². The zero-order chi connectivity index (χ0) is 14.0. The summed E-state index contributed by atoms with van der Waals surface area (Å²) in [6, 6.07) is 5.50. The monoisotopic (exact) mass is 344 g/mol.